The van der Waals surface area contributed by atoms with Crippen LogP contribution in [0.4, 0.5) is 17.3 Å². The first-order chi connectivity index (χ1) is 11.9. The second kappa shape index (κ2) is 6.22. The van der Waals surface area contributed by atoms with Gasteiger partial charge in [0.2, 0.25) is 5.60 Å². The molecule has 0 spiro atoms. The molecule has 3 heterocycles. The number of anilines is 3. The first-order valence-electron chi connectivity index (χ1n) is 7.46. The maximum absolute atomic E-state index is 12.2. The molecule has 0 bridgehead atoms. The van der Waals surface area contributed by atoms with E-state index in [0.29, 0.717) is 22.9 Å². The van der Waals surface area contributed by atoms with E-state index in [1.807, 2.05) is 0 Å². The van der Waals surface area contributed by atoms with E-state index in [9.17, 15) is 15.0 Å². The molecule has 1 fully saturated rings. The number of carbonyl (C=O) groups excluding carboxylic acids is 1. The van der Waals surface area contributed by atoms with E-state index in [2.05, 4.69) is 21.9 Å². The Labute approximate surface area is 143 Å². The molecule has 1 amide bonds. The zero-order valence-electron chi connectivity index (χ0n) is 13.2. The Kier molecular flexibility index (Phi) is 4.09. The van der Waals surface area contributed by atoms with Crippen molar-refractivity contribution in [2.24, 2.45) is 0 Å². The summed E-state index contributed by atoms with van der Waals surface area (Å²) in [6, 6.07) is 8.10. The highest BCUT2D eigenvalue weighted by atomic mass is 16.3. The summed E-state index contributed by atoms with van der Waals surface area (Å²) in [5.74, 6) is 0.138. The lowest BCUT2D eigenvalue weighted by atomic mass is 10.1. The first-order valence-corrected chi connectivity index (χ1v) is 7.46. The normalized spacial score (nSPS) is 19.5. The molecular formula is C17H15N5O3. The van der Waals surface area contributed by atoms with E-state index in [4.69, 9.17) is 5.26 Å². The third kappa shape index (κ3) is 3.13. The van der Waals surface area contributed by atoms with Crippen LogP contribution in [0.15, 0.2) is 43.2 Å². The molecule has 3 N–H and O–H groups in total. The van der Waals surface area contributed by atoms with Gasteiger partial charge in [0.25, 0.3) is 5.91 Å². The van der Waals surface area contributed by atoms with Gasteiger partial charge in [-0.1, -0.05) is 6.58 Å². The van der Waals surface area contributed by atoms with Crippen molar-refractivity contribution >= 4 is 29.0 Å². The van der Waals surface area contributed by atoms with Gasteiger partial charge in [0.05, 0.1) is 0 Å². The third-order valence-electron chi connectivity index (χ3n) is 3.89. The molecule has 8 heteroatoms. The Morgan fingerprint density at radius 3 is 2.64 bits per heavy atom. The van der Waals surface area contributed by atoms with Crippen LogP contribution in [0.25, 0.3) is 5.76 Å². The predicted octanol–water partition coefficient (Wildman–Crippen LogP) is 1.74. The predicted molar refractivity (Wildman–Crippen MR) is 91.0 cm³/mol. The summed E-state index contributed by atoms with van der Waals surface area (Å²) in [6.45, 7) is 3.70. The summed E-state index contributed by atoms with van der Waals surface area (Å²) in [5.41, 5.74) is -0.951. The number of rotatable bonds is 4. The molecule has 126 valence electrons. The molecule has 0 unspecified atom stereocenters. The summed E-state index contributed by atoms with van der Waals surface area (Å²) in [4.78, 5) is 21.8. The second-order valence-corrected chi connectivity index (χ2v) is 5.58. The van der Waals surface area contributed by atoms with Crippen LogP contribution >= 0.6 is 0 Å². The number of carbonyl (C=O) groups is 1. The van der Waals surface area contributed by atoms with Gasteiger partial charge in [0.1, 0.15) is 23.5 Å². The number of nitrogens with one attached hydrogen (secondary N) is 1. The summed E-state index contributed by atoms with van der Waals surface area (Å²) in [7, 11) is 0. The molecule has 1 aliphatic rings. The number of pyridine rings is 2. The number of hydrogen-bond donors (Lipinski definition) is 3. The van der Waals surface area contributed by atoms with Gasteiger partial charge in [-0.2, -0.15) is 5.26 Å². The molecule has 1 aliphatic heterocycles. The Morgan fingerprint density at radius 2 is 2.00 bits per heavy atom. The van der Waals surface area contributed by atoms with Crippen molar-refractivity contribution < 1.29 is 15.0 Å². The minimum atomic E-state index is -1.98. The number of aliphatic hydroxyl groups excluding tert-OH is 1. The van der Waals surface area contributed by atoms with E-state index in [0.717, 1.165) is 0 Å². The fourth-order valence-electron chi connectivity index (χ4n) is 2.52. The number of amides is 1. The van der Waals surface area contributed by atoms with E-state index < -0.39 is 11.5 Å². The molecule has 1 atom stereocenters. The SMILES string of the molecule is C=C(O)c1ccnc(Nc2cc(N3CC[C@](O)(C#N)C3=O)ccn2)c1. The van der Waals surface area contributed by atoms with Gasteiger partial charge >= 0.3 is 0 Å². The summed E-state index contributed by atoms with van der Waals surface area (Å²) >= 11 is 0. The van der Waals surface area contributed by atoms with E-state index in [1.54, 1.807) is 30.3 Å². The van der Waals surface area contributed by atoms with Crippen LogP contribution in [0, 0.1) is 11.3 Å². The van der Waals surface area contributed by atoms with Crippen molar-refractivity contribution in [2.75, 3.05) is 16.8 Å². The molecule has 3 rings (SSSR count). The Bertz CT molecular complexity index is 892. The lowest BCUT2D eigenvalue weighted by molar-refractivity contribution is -0.128. The highest BCUT2D eigenvalue weighted by Crippen LogP contribution is 2.29. The van der Waals surface area contributed by atoms with Crippen molar-refractivity contribution in [3.63, 3.8) is 0 Å². The standard InChI is InChI=1S/C17H15N5O3/c1-11(23)12-2-5-19-14(8-12)21-15-9-13(3-6-20-15)22-7-4-17(25,10-18)16(22)24/h2-3,5-6,8-9,23,25H,1,4,7H2,(H,19,20,21)/t17-/m0/s1. The molecule has 8 nitrogen and oxygen atoms in total. The molecule has 1 saturated heterocycles. The second-order valence-electron chi connectivity index (χ2n) is 5.58. The highest BCUT2D eigenvalue weighted by molar-refractivity contribution is 6.03. The van der Waals surface area contributed by atoms with Crippen molar-refractivity contribution in [3.8, 4) is 6.07 Å². The Balaban J connectivity index is 1.84. The van der Waals surface area contributed by atoms with E-state index in [1.165, 1.54) is 17.3 Å². The van der Waals surface area contributed by atoms with E-state index in [-0.39, 0.29) is 18.7 Å². The van der Waals surface area contributed by atoms with Crippen LogP contribution in [-0.2, 0) is 4.79 Å². The molecule has 0 aromatic carbocycles. The monoisotopic (exact) mass is 337 g/mol. The van der Waals surface area contributed by atoms with Gasteiger partial charge in [-0.15, -0.1) is 0 Å². The smallest absolute Gasteiger partial charge is 0.273 e. The largest absolute Gasteiger partial charge is 0.508 e. The van der Waals surface area contributed by atoms with Gasteiger partial charge in [0, 0.05) is 42.7 Å². The number of nitrogens with zero attached hydrogens (tertiary/aromatic N) is 4. The zero-order valence-corrected chi connectivity index (χ0v) is 13.2. The Morgan fingerprint density at radius 1 is 1.32 bits per heavy atom. The van der Waals surface area contributed by atoms with Crippen molar-refractivity contribution in [1.29, 1.82) is 5.26 Å². The van der Waals surface area contributed by atoms with Gasteiger partial charge in [0.15, 0.2) is 0 Å². The fourth-order valence-corrected chi connectivity index (χ4v) is 2.52. The third-order valence-corrected chi connectivity index (χ3v) is 3.89. The van der Waals surface area contributed by atoms with Crippen LogP contribution in [0.3, 0.4) is 0 Å². The molecule has 2 aromatic heterocycles. The van der Waals surface area contributed by atoms with Gasteiger partial charge in [-0.25, -0.2) is 9.97 Å². The molecule has 0 radical (unpaired) electrons. The minimum Gasteiger partial charge on any atom is -0.508 e. The lowest BCUT2D eigenvalue weighted by Gasteiger charge is -2.18. The summed E-state index contributed by atoms with van der Waals surface area (Å²) < 4.78 is 0. The van der Waals surface area contributed by atoms with Gasteiger partial charge in [-0.3, -0.25) is 4.79 Å². The number of hydrogen-bond acceptors (Lipinski definition) is 7. The molecule has 2 aromatic rings. The molecule has 0 saturated carbocycles. The maximum Gasteiger partial charge on any atom is 0.273 e. The number of aliphatic hydroxyl groups is 2. The van der Waals surface area contributed by atoms with Crippen molar-refractivity contribution in [2.45, 2.75) is 12.0 Å². The van der Waals surface area contributed by atoms with Crippen LogP contribution in [-0.4, -0.2) is 38.2 Å². The average molecular weight is 337 g/mol. The van der Waals surface area contributed by atoms with Crippen LogP contribution in [0.5, 0.6) is 0 Å². The molecular weight excluding hydrogens is 322 g/mol. The average Bonchev–Trinajstić information content (AvgIpc) is 2.91. The highest BCUT2D eigenvalue weighted by Gasteiger charge is 2.46. The molecule has 25 heavy (non-hydrogen) atoms. The van der Waals surface area contributed by atoms with E-state index >= 15 is 0 Å². The maximum atomic E-state index is 12.2. The summed E-state index contributed by atoms with van der Waals surface area (Å²) in [6.07, 6.45) is 3.07. The van der Waals surface area contributed by atoms with Crippen molar-refractivity contribution in [3.05, 3.63) is 48.8 Å². The fraction of sp³-hybridized carbons (Fsp3) is 0.176. The minimum absolute atomic E-state index is 0.0512. The molecule has 0 aliphatic carbocycles. The number of nitriles is 1. The Hall–Kier alpha value is -3.44. The number of aromatic nitrogens is 2. The summed E-state index contributed by atoms with van der Waals surface area (Å²) in [5, 5.41) is 31.4. The van der Waals surface area contributed by atoms with Crippen LogP contribution < -0.4 is 10.2 Å². The first kappa shape index (κ1) is 16.4. The van der Waals surface area contributed by atoms with Crippen molar-refractivity contribution in [1.82, 2.24) is 9.97 Å². The van der Waals surface area contributed by atoms with Gasteiger partial charge in [-0.05, 0) is 18.2 Å². The quantitative estimate of drug-likeness (QED) is 0.573. The topological polar surface area (TPSA) is 122 Å². The van der Waals surface area contributed by atoms with Crippen LogP contribution in [0.2, 0.25) is 0 Å². The lowest BCUT2D eigenvalue weighted by Crippen LogP contribution is -2.38. The van der Waals surface area contributed by atoms with Crippen LogP contribution in [0.1, 0.15) is 12.0 Å². The van der Waals surface area contributed by atoms with Gasteiger partial charge < -0.3 is 20.4 Å². The zero-order chi connectivity index (χ0) is 18.0.